The molecule has 17 heavy (non-hydrogen) atoms. The summed E-state index contributed by atoms with van der Waals surface area (Å²) in [5.74, 6) is 0. The molecule has 0 saturated heterocycles. The Hall–Kier alpha value is -1.60. The monoisotopic (exact) mass is 231 g/mol. The standard InChI is InChI=1S/C13H17N3O/c14-8-11-4-5-12(9-15-11)16-10-13(17)6-2-1-3-7-13/h4-5,9,16-17H,1-3,6-7,10H2. The molecule has 2 N–H and O–H groups in total. The van der Waals surface area contributed by atoms with Crippen LogP contribution in [0.15, 0.2) is 18.3 Å². The van der Waals surface area contributed by atoms with E-state index >= 15 is 0 Å². The number of nitriles is 1. The van der Waals surface area contributed by atoms with Gasteiger partial charge in [0, 0.05) is 6.54 Å². The lowest BCUT2D eigenvalue weighted by Gasteiger charge is -2.32. The van der Waals surface area contributed by atoms with E-state index in [1.54, 1.807) is 12.3 Å². The molecule has 0 spiro atoms. The number of nitrogens with zero attached hydrogens (tertiary/aromatic N) is 2. The van der Waals surface area contributed by atoms with Crippen molar-refractivity contribution in [3.63, 3.8) is 0 Å². The van der Waals surface area contributed by atoms with E-state index in [1.807, 2.05) is 12.1 Å². The van der Waals surface area contributed by atoms with Crippen molar-refractivity contribution < 1.29 is 5.11 Å². The van der Waals surface area contributed by atoms with Crippen molar-refractivity contribution in [3.05, 3.63) is 24.0 Å². The lowest BCUT2D eigenvalue weighted by Crippen LogP contribution is -2.38. The Balaban J connectivity index is 1.90. The molecule has 1 heterocycles. The molecule has 0 unspecified atom stereocenters. The Kier molecular flexibility index (Phi) is 3.60. The molecule has 1 aliphatic carbocycles. The summed E-state index contributed by atoms with van der Waals surface area (Å²) in [5, 5.41) is 22.1. The lowest BCUT2D eigenvalue weighted by atomic mass is 9.85. The van der Waals surface area contributed by atoms with E-state index in [2.05, 4.69) is 10.3 Å². The number of aromatic nitrogens is 1. The van der Waals surface area contributed by atoms with Crippen LogP contribution in [0.4, 0.5) is 5.69 Å². The van der Waals surface area contributed by atoms with Gasteiger partial charge in [0.25, 0.3) is 0 Å². The van der Waals surface area contributed by atoms with Gasteiger partial charge in [-0.1, -0.05) is 19.3 Å². The highest BCUT2D eigenvalue weighted by Gasteiger charge is 2.28. The second-order valence-corrected chi connectivity index (χ2v) is 4.68. The Labute approximate surface area is 101 Å². The van der Waals surface area contributed by atoms with E-state index in [1.165, 1.54) is 6.42 Å². The van der Waals surface area contributed by atoms with Gasteiger partial charge in [-0.05, 0) is 25.0 Å². The van der Waals surface area contributed by atoms with Crippen molar-refractivity contribution in [1.29, 1.82) is 5.26 Å². The van der Waals surface area contributed by atoms with Crippen LogP contribution in [0, 0.1) is 11.3 Å². The molecule has 0 amide bonds. The molecule has 0 aromatic carbocycles. The molecule has 2 rings (SSSR count). The maximum absolute atomic E-state index is 10.3. The summed E-state index contributed by atoms with van der Waals surface area (Å²) in [5.41, 5.74) is 0.682. The van der Waals surface area contributed by atoms with Crippen LogP contribution in [-0.2, 0) is 0 Å². The summed E-state index contributed by atoms with van der Waals surface area (Å²) in [4.78, 5) is 3.98. The van der Waals surface area contributed by atoms with Crippen LogP contribution in [0.25, 0.3) is 0 Å². The third-order valence-corrected chi connectivity index (χ3v) is 3.28. The van der Waals surface area contributed by atoms with Gasteiger partial charge in [0.05, 0.1) is 17.5 Å². The molecule has 4 heteroatoms. The summed E-state index contributed by atoms with van der Waals surface area (Å²) in [6.45, 7) is 0.556. The van der Waals surface area contributed by atoms with Crippen LogP contribution in [0.3, 0.4) is 0 Å². The van der Waals surface area contributed by atoms with E-state index in [0.717, 1.165) is 31.4 Å². The molecule has 4 nitrogen and oxygen atoms in total. The quantitative estimate of drug-likeness (QED) is 0.835. The first kappa shape index (κ1) is 11.9. The number of anilines is 1. The third kappa shape index (κ3) is 3.18. The predicted molar refractivity (Wildman–Crippen MR) is 65.5 cm³/mol. The van der Waals surface area contributed by atoms with Crippen LogP contribution in [0.1, 0.15) is 37.8 Å². The number of nitrogens with one attached hydrogen (secondary N) is 1. The average molecular weight is 231 g/mol. The summed E-state index contributed by atoms with van der Waals surface area (Å²) in [6, 6.07) is 5.47. The highest BCUT2D eigenvalue weighted by Crippen LogP contribution is 2.28. The molecular formula is C13H17N3O. The van der Waals surface area contributed by atoms with E-state index in [0.29, 0.717) is 12.2 Å². The van der Waals surface area contributed by atoms with Gasteiger partial charge < -0.3 is 10.4 Å². The number of hydrogen-bond acceptors (Lipinski definition) is 4. The minimum absolute atomic E-state index is 0.409. The first-order chi connectivity index (χ1) is 8.22. The summed E-state index contributed by atoms with van der Waals surface area (Å²) < 4.78 is 0. The van der Waals surface area contributed by atoms with Crippen LogP contribution in [0.5, 0.6) is 0 Å². The smallest absolute Gasteiger partial charge is 0.140 e. The third-order valence-electron chi connectivity index (χ3n) is 3.28. The largest absolute Gasteiger partial charge is 0.388 e. The number of hydrogen-bond donors (Lipinski definition) is 2. The van der Waals surface area contributed by atoms with Gasteiger partial charge in [-0.15, -0.1) is 0 Å². The Morgan fingerprint density at radius 3 is 2.71 bits per heavy atom. The van der Waals surface area contributed by atoms with Crippen LogP contribution in [-0.4, -0.2) is 22.2 Å². The Bertz CT molecular complexity index is 402. The van der Waals surface area contributed by atoms with Crippen LogP contribution < -0.4 is 5.32 Å². The lowest BCUT2D eigenvalue weighted by molar-refractivity contribution is 0.0167. The van der Waals surface area contributed by atoms with E-state index in [-0.39, 0.29) is 0 Å². The molecule has 0 bridgehead atoms. The molecule has 1 aliphatic rings. The van der Waals surface area contributed by atoms with Gasteiger partial charge in [0.1, 0.15) is 11.8 Å². The normalized spacial score (nSPS) is 18.4. The molecule has 0 atom stereocenters. The zero-order chi connectivity index (χ0) is 12.1. The zero-order valence-corrected chi connectivity index (χ0v) is 9.82. The Morgan fingerprint density at radius 1 is 1.35 bits per heavy atom. The fourth-order valence-electron chi connectivity index (χ4n) is 2.22. The van der Waals surface area contributed by atoms with Crippen molar-refractivity contribution in [2.75, 3.05) is 11.9 Å². The number of aliphatic hydroxyl groups is 1. The van der Waals surface area contributed by atoms with Crippen molar-refractivity contribution in [3.8, 4) is 6.07 Å². The second kappa shape index (κ2) is 5.15. The molecule has 1 saturated carbocycles. The van der Waals surface area contributed by atoms with Crippen LogP contribution >= 0.6 is 0 Å². The van der Waals surface area contributed by atoms with Gasteiger partial charge in [0.2, 0.25) is 0 Å². The van der Waals surface area contributed by atoms with Gasteiger partial charge >= 0.3 is 0 Å². The fourth-order valence-corrected chi connectivity index (χ4v) is 2.22. The van der Waals surface area contributed by atoms with Crippen LogP contribution in [0.2, 0.25) is 0 Å². The van der Waals surface area contributed by atoms with E-state index in [9.17, 15) is 5.11 Å². The van der Waals surface area contributed by atoms with Crippen molar-refractivity contribution in [1.82, 2.24) is 4.98 Å². The highest BCUT2D eigenvalue weighted by atomic mass is 16.3. The first-order valence-electron chi connectivity index (χ1n) is 6.04. The molecular weight excluding hydrogens is 214 g/mol. The topological polar surface area (TPSA) is 68.9 Å². The van der Waals surface area contributed by atoms with Gasteiger partial charge in [-0.25, -0.2) is 4.98 Å². The minimum Gasteiger partial charge on any atom is -0.388 e. The maximum atomic E-state index is 10.3. The highest BCUT2D eigenvalue weighted by molar-refractivity contribution is 5.43. The summed E-state index contributed by atoms with van der Waals surface area (Å²) >= 11 is 0. The Morgan fingerprint density at radius 2 is 2.12 bits per heavy atom. The molecule has 1 aromatic rings. The predicted octanol–water partition coefficient (Wildman–Crippen LogP) is 2.06. The number of rotatable bonds is 3. The fraction of sp³-hybridized carbons (Fsp3) is 0.538. The summed E-state index contributed by atoms with van der Waals surface area (Å²) in [7, 11) is 0. The second-order valence-electron chi connectivity index (χ2n) is 4.68. The maximum Gasteiger partial charge on any atom is 0.140 e. The van der Waals surface area contributed by atoms with Crippen molar-refractivity contribution in [2.24, 2.45) is 0 Å². The molecule has 1 fully saturated rings. The SMILES string of the molecule is N#Cc1ccc(NCC2(O)CCCCC2)cn1. The molecule has 0 aliphatic heterocycles. The average Bonchev–Trinajstić information content (AvgIpc) is 2.38. The van der Waals surface area contributed by atoms with E-state index < -0.39 is 5.60 Å². The first-order valence-corrected chi connectivity index (χ1v) is 6.04. The van der Waals surface area contributed by atoms with Gasteiger partial charge in [0.15, 0.2) is 0 Å². The molecule has 0 radical (unpaired) electrons. The van der Waals surface area contributed by atoms with Gasteiger partial charge in [-0.3, -0.25) is 0 Å². The zero-order valence-electron chi connectivity index (χ0n) is 9.82. The van der Waals surface area contributed by atoms with Crippen molar-refractivity contribution >= 4 is 5.69 Å². The van der Waals surface area contributed by atoms with E-state index in [4.69, 9.17) is 5.26 Å². The van der Waals surface area contributed by atoms with Crippen molar-refractivity contribution in [2.45, 2.75) is 37.7 Å². The summed E-state index contributed by atoms with van der Waals surface area (Å²) in [6.07, 6.45) is 6.78. The van der Waals surface area contributed by atoms with Gasteiger partial charge in [-0.2, -0.15) is 5.26 Å². The number of pyridine rings is 1. The minimum atomic E-state index is -0.577. The molecule has 90 valence electrons. The molecule has 1 aromatic heterocycles.